The van der Waals surface area contributed by atoms with Crippen molar-refractivity contribution in [2.75, 3.05) is 13.1 Å². The van der Waals surface area contributed by atoms with Crippen LogP contribution in [-0.2, 0) is 4.79 Å². The summed E-state index contributed by atoms with van der Waals surface area (Å²) in [7, 11) is 0. The van der Waals surface area contributed by atoms with Crippen molar-refractivity contribution in [3.05, 3.63) is 0 Å². The predicted octanol–water partition coefficient (Wildman–Crippen LogP) is 1.60. The third kappa shape index (κ3) is 3.38. The summed E-state index contributed by atoms with van der Waals surface area (Å²) in [5, 5.41) is 3.06. The van der Waals surface area contributed by atoms with Gasteiger partial charge in [-0.05, 0) is 25.7 Å². The van der Waals surface area contributed by atoms with Crippen LogP contribution in [0.2, 0.25) is 0 Å². The van der Waals surface area contributed by atoms with Crippen molar-refractivity contribution >= 4 is 17.8 Å². The van der Waals surface area contributed by atoms with Gasteiger partial charge in [0.2, 0.25) is 0 Å². The fraction of sp³-hybridized carbons (Fsp3) is 0.769. The van der Waals surface area contributed by atoms with Gasteiger partial charge in [-0.15, -0.1) is 0 Å². The van der Waals surface area contributed by atoms with Crippen molar-refractivity contribution in [2.24, 2.45) is 15.9 Å². The minimum Gasteiger partial charge on any atom is -0.348 e. The summed E-state index contributed by atoms with van der Waals surface area (Å²) in [5.41, 5.74) is 0.485. The predicted molar refractivity (Wildman–Crippen MR) is 69.8 cm³/mol. The molecule has 1 heterocycles. The molecule has 1 unspecified atom stereocenters. The molecule has 1 amide bonds. The Kier molecular flexibility index (Phi) is 4.29. The maximum atomic E-state index is 11.9. The highest BCUT2D eigenvalue weighted by molar-refractivity contribution is 6.60. The number of aliphatic imine (C=N–C) groups is 2. The quantitative estimate of drug-likeness (QED) is 0.793. The van der Waals surface area contributed by atoms with Gasteiger partial charge in [-0.2, -0.15) is 0 Å². The Morgan fingerprint density at radius 1 is 1.35 bits per heavy atom. The molecule has 1 fully saturated rings. The van der Waals surface area contributed by atoms with Gasteiger partial charge in [0.25, 0.3) is 5.91 Å². The molecule has 0 aromatic rings. The molecular formula is C13H21N3O. The van der Waals surface area contributed by atoms with Gasteiger partial charge < -0.3 is 5.32 Å². The standard InChI is InChI=1S/C13H21N3O/c1-10(11-5-3-2-4-6-11)16-13(17)12-9-14-7-8-15-12/h9-11H,2-8H2,1H3,(H,16,17). The molecule has 1 saturated carbocycles. The van der Waals surface area contributed by atoms with Gasteiger partial charge in [-0.3, -0.25) is 14.8 Å². The van der Waals surface area contributed by atoms with Crippen LogP contribution in [0.15, 0.2) is 9.98 Å². The highest BCUT2D eigenvalue weighted by atomic mass is 16.1. The van der Waals surface area contributed by atoms with Gasteiger partial charge in [0.1, 0.15) is 5.71 Å². The Labute approximate surface area is 103 Å². The average molecular weight is 235 g/mol. The van der Waals surface area contributed by atoms with Crippen LogP contribution in [0.4, 0.5) is 0 Å². The number of rotatable bonds is 3. The molecule has 0 aromatic carbocycles. The lowest BCUT2D eigenvalue weighted by Gasteiger charge is -2.28. The topological polar surface area (TPSA) is 53.8 Å². The molecule has 2 rings (SSSR count). The summed E-state index contributed by atoms with van der Waals surface area (Å²) in [6.07, 6.45) is 8.01. The molecule has 4 nitrogen and oxygen atoms in total. The zero-order chi connectivity index (χ0) is 12.1. The second-order valence-electron chi connectivity index (χ2n) is 4.96. The SMILES string of the molecule is CC(NC(=O)C1=NCCN=C1)C1CCCCC1. The van der Waals surface area contributed by atoms with Crippen molar-refractivity contribution in [2.45, 2.75) is 45.1 Å². The molecule has 0 radical (unpaired) electrons. The zero-order valence-corrected chi connectivity index (χ0v) is 10.5. The van der Waals surface area contributed by atoms with Crippen LogP contribution >= 0.6 is 0 Å². The normalized spacial score (nSPS) is 23.0. The number of nitrogens with zero attached hydrogens (tertiary/aromatic N) is 2. The number of amides is 1. The number of hydrogen-bond donors (Lipinski definition) is 1. The van der Waals surface area contributed by atoms with E-state index in [0.29, 0.717) is 24.7 Å². The summed E-state index contributed by atoms with van der Waals surface area (Å²) in [6, 6.07) is 0.251. The summed E-state index contributed by atoms with van der Waals surface area (Å²) >= 11 is 0. The first-order chi connectivity index (χ1) is 8.27. The molecule has 2 aliphatic rings. The molecule has 0 spiro atoms. The summed E-state index contributed by atoms with van der Waals surface area (Å²) in [5.74, 6) is 0.570. The third-order valence-corrected chi connectivity index (χ3v) is 3.67. The lowest BCUT2D eigenvalue weighted by molar-refractivity contribution is -0.115. The Morgan fingerprint density at radius 2 is 2.12 bits per heavy atom. The van der Waals surface area contributed by atoms with Crippen LogP contribution < -0.4 is 5.32 Å². The van der Waals surface area contributed by atoms with E-state index in [1.807, 2.05) is 0 Å². The molecule has 0 aromatic heterocycles. The largest absolute Gasteiger partial charge is 0.348 e. The maximum absolute atomic E-state index is 11.9. The molecule has 1 atom stereocenters. The molecule has 4 heteroatoms. The monoisotopic (exact) mass is 235 g/mol. The Hall–Kier alpha value is -1.19. The van der Waals surface area contributed by atoms with Gasteiger partial charge in [-0.1, -0.05) is 19.3 Å². The van der Waals surface area contributed by atoms with Crippen LogP contribution in [0.5, 0.6) is 0 Å². The van der Waals surface area contributed by atoms with Crippen molar-refractivity contribution in [3.8, 4) is 0 Å². The first-order valence-electron chi connectivity index (χ1n) is 6.62. The molecule has 1 N–H and O–H groups in total. The number of carbonyl (C=O) groups is 1. The van der Waals surface area contributed by atoms with E-state index < -0.39 is 0 Å². The number of hydrogen-bond acceptors (Lipinski definition) is 3. The molecule has 1 aliphatic carbocycles. The van der Waals surface area contributed by atoms with Crippen LogP contribution in [0.25, 0.3) is 0 Å². The molecule has 0 bridgehead atoms. The van der Waals surface area contributed by atoms with Crippen LogP contribution in [0.3, 0.4) is 0 Å². The second-order valence-corrected chi connectivity index (χ2v) is 4.96. The van der Waals surface area contributed by atoms with Crippen molar-refractivity contribution in [1.29, 1.82) is 0 Å². The maximum Gasteiger partial charge on any atom is 0.271 e. The third-order valence-electron chi connectivity index (χ3n) is 3.67. The van der Waals surface area contributed by atoms with Gasteiger partial charge in [0, 0.05) is 6.04 Å². The van der Waals surface area contributed by atoms with E-state index in [4.69, 9.17) is 0 Å². The molecule has 94 valence electrons. The molecule has 1 aliphatic heterocycles. The zero-order valence-electron chi connectivity index (χ0n) is 10.5. The van der Waals surface area contributed by atoms with Crippen LogP contribution in [-0.4, -0.2) is 37.0 Å². The first-order valence-corrected chi connectivity index (χ1v) is 6.62. The lowest BCUT2D eigenvalue weighted by Crippen LogP contribution is -2.43. The van der Waals surface area contributed by atoms with Gasteiger partial charge >= 0.3 is 0 Å². The highest BCUT2D eigenvalue weighted by Crippen LogP contribution is 2.26. The highest BCUT2D eigenvalue weighted by Gasteiger charge is 2.22. The summed E-state index contributed by atoms with van der Waals surface area (Å²) < 4.78 is 0. The van der Waals surface area contributed by atoms with Gasteiger partial charge in [0.15, 0.2) is 0 Å². The minimum absolute atomic E-state index is 0.0634. The average Bonchev–Trinajstić information content (AvgIpc) is 2.40. The molecular weight excluding hydrogens is 214 g/mol. The van der Waals surface area contributed by atoms with E-state index in [-0.39, 0.29) is 11.9 Å². The van der Waals surface area contributed by atoms with Crippen molar-refractivity contribution < 1.29 is 4.79 Å². The minimum atomic E-state index is -0.0634. The number of nitrogens with one attached hydrogen (secondary N) is 1. The van der Waals surface area contributed by atoms with Gasteiger partial charge in [-0.25, -0.2) is 0 Å². The Morgan fingerprint density at radius 3 is 2.76 bits per heavy atom. The van der Waals surface area contributed by atoms with Gasteiger partial charge in [0.05, 0.1) is 19.3 Å². The first kappa shape index (κ1) is 12.3. The van der Waals surface area contributed by atoms with Crippen molar-refractivity contribution in [1.82, 2.24) is 5.32 Å². The van der Waals surface area contributed by atoms with Crippen molar-refractivity contribution in [3.63, 3.8) is 0 Å². The van der Waals surface area contributed by atoms with Crippen LogP contribution in [0, 0.1) is 5.92 Å². The van der Waals surface area contributed by atoms with E-state index >= 15 is 0 Å². The fourth-order valence-corrected chi connectivity index (χ4v) is 2.58. The van der Waals surface area contributed by atoms with E-state index in [0.717, 1.165) is 0 Å². The second kappa shape index (κ2) is 5.94. The molecule has 17 heavy (non-hydrogen) atoms. The van der Waals surface area contributed by atoms with E-state index in [2.05, 4.69) is 22.2 Å². The number of carbonyl (C=O) groups excluding carboxylic acids is 1. The van der Waals surface area contributed by atoms with E-state index in [9.17, 15) is 4.79 Å². The fourth-order valence-electron chi connectivity index (χ4n) is 2.58. The summed E-state index contributed by atoms with van der Waals surface area (Å²) in [4.78, 5) is 20.2. The van der Waals surface area contributed by atoms with E-state index in [1.165, 1.54) is 32.1 Å². The van der Waals surface area contributed by atoms with E-state index in [1.54, 1.807) is 6.21 Å². The summed E-state index contributed by atoms with van der Waals surface area (Å²) in [6.45, 7) is 3.44. The smallest absolute Gasteiger partial charge is 0.271 e. The lowest BCUT2D eigenvalue weighted by atomic mass is 9.84. The molecule has 0 saturated heterocycles. The Bertz CT molecular complexity index is 330. The Balaban J connectivity index is 1.85. The van der Waals surface area contributed by atoms with Crippen LogP contribution in [0.1, 0.15) is 39.0 Å².